The van der Waals surface area contributed by atoms with Crippen molar-refractivity contribution in [1.82, 2.24) is 5.01 Å². The summed E-state index contributed by atoms with van der Waals surface area (Å²) in [7, 11) is 3.35. The van der Waals surface area contributed by atoms with E-state index in [1.54, 1.807) is 14.2 Å². The van der Waals surface area contributed by atoms with E-state index in [0.717, 1.165) is 66.0 Å². The third kappa shape index (κ3) is 3.85. The normalized spacial score (nSPS) is 14.6. The average Bonchev–Trinajstić information content (AvgIpc) is 2.78. The number of methoxy groups -OCH3 is 2. The van der Waals surface area contributed by atoms with Gasteiger partial charge in [-0.25, -0.2) is 5.01 Å². The molecule has 0 atom stereocenters. The van der Waals surface area contributed by atoms with Crippen molar-refractivity contribution < 1.29 is 9.47 Å². The molecule has 0 spiro atoms. The lowest BCUT2D eigenvalue weighted by Gasteiger charge is -2.41. The Morgan fingerprint density at radius 1 is 0.897 bits per heavy atom. The Morgan fingerprint density at radius 3 is 2.28 bits per heavy atom. The smallest absolute Gasteiger partial charge is 0.122 e. The highest BCUT2D eigenvalue weighted by molar-refractivity contribution is 5.97. The fourth-order valence-corrected chi connectivity index (χ4v) is 4.03. The van der Waals surface area contributed by atoms with Crippen LogP contribution in [0, 0.1) is 11.3 Å². The molecule has 1 saturated heterocycles. The first kappa shape index (κ1) is 19.1. The number of ether oxygens (including phenoxy) is 2. The topological polar surface area (TPSA) is 48.7 Å². The Labute approximate surface area is 171 Å². The van der Waals surface area contributed by atoms with E-state index < -0.39 is 0 Å². The number of benzene rings is 3. The van der Waals surface area contributed by atoms with Gasteiger partial charge < -0.3 is 14.5 Å². The number of hydrogen-bond acceptors (Lipinski definition) is 5. The summed E-state index contributed by atoms with van der Waals surface area (Å²) in [5.41, 5.74) is 3.01. The Kier molecular flexibility index (Phi) is 5.55. The number of rotatable bonds is 5. The van der Waals surface area contributed by atoms with Crippen LogP contribution in [0.5, 0.6) is 11.5 Å². The quantitative estimate of drug-likeness (QED) is 0.632. The van der Waals surface area contributed by atoms with Crippen LogP contribution >= 0.6 is 0 Å². The van der Waals surface area contributed by atoms with E-state index in [1.165, 1.54) is 0 Å². The van der Waals surface area contributed by atoms with E-state index in [2.05, 4.69) is 40.4 Å². The number of anilines is 1. The highest BCUT2D eigenvalue weighted by Crippen LogP contribution is 2.33. The first-order valence-corrected chi connectivity index (χ1v) is 9.89. The summed E-state index contributed by atoms with van der Waals surface area (Å²) in [6.07, 6.45) is 2.30. The second-order valence-electron chi connectivity index (χ2n) is 7.23. The van der Waals surface area contributed by atoms with Gasteiger partial charge in [-0.05, 0) is 42.7 Å². The van der Waals surface area contributed by atoms with Gasteiger partial charge in [-0.2, -0.15) is 5.26 Å². The minimum Gasteiger partial charge on any atom is -0.497 e. The molecule has 1 aliphatic rings. The van der Waals surface area contributed by atoms with Crippen molar-refractivity contribution in [1.29, 1.82) is 5.26 Å². The molecule has 0 saturated carbocycles. The summed E-state index contributed by atoms with van der Waals surface area (Å²) in [6, 6.07) is 20.5. The highest BCUT2D eigenvalue weighted by atomic mass is 16.5. The summed E-state index contributed by atoms with van der Waals surface area (Å²) >= 11 is 0. The van der Waals surface area contributed by atoms with Crippen LogP contribution in [0.15, 0.2) is 54.6 Å². The second-order valence-corrected chi connectivity index (χ2v) is 7.23. The number of fused-ring (bicyclic) bond motifs is 1. The van der Waals surface area contributed by atoms with E-state index >= 15 is 0 Å². The van der Waals surface area contributed by atoms with Crippen LogP contribution in [0.4, 0.5) is 5.69 Å². The predicted molar refractivity (Wildman–Crippen MR) is 115 cm³/mol. The van der Waals surface area contributed by atoms with Crippen molar-refractivity contribution in [2.75, 3.05) is 32.3 Å². The van der Waals surface area contributed by atoms with Crippen molar-refractivity contribution in [2.45, 2.75) is 19.4 Å². The molecule has 0 amide bonds. The predicted octanol–water partition coefficient (Wildman–Crippen LogP) is 4.75. The zero-order valence-electron chi connectivity index (χ0n) is 16.9. The molecule has 29 heavy (non-hydrogen) atoms. The van der Waals surface area contributed by atoms with Crippen LogP contribution in [0.1, 0.15) is 24.0 Å². The van der Waals surface area contributed by atoms with Crippen molar-refractivity contribution in [3.63, 3.8) is 0 Å². The maximum absolute atomic E-state index is 9.48. The Morgan fingerprint density at radius 2 is 1.59 bits per heavy atom. The Bertz CT molecular complexity index is 1040. The molecule has 3 aromatic carbocycles. The monoisotopic (exact) mass is 387 g/mol. The Hall–Kier alpha value is -3.23. The molecule has 0 bridgehead atoms. The van der Waals surface area contributed by atoms with Crippen molar-refractivity contribution >= 4 is 16.5 Å². The molecule has 1 aliphatic heterocycles. The van der Waals surface area contributed by atoms with Crippen LogP contribution < -0.4 is 14.5 Å². The number of nitriles is 1. The molecule has 4 rings (SSSR count). The lowest BCUT2D eigenvalue weighted by atomic mass is 10.0. The number of hydrazine groups is 1. The molecule has 148 valence electrons. The largest absolute Gasteiger partial charge is 0.497 e. The maximum Gasteiger partial charge on any atom is 0.122 e. The Balaban J connectivity index is 1.71. The fourth-order valence-electron chi connectivity index (χ4n) is 4.03. The molecule has 0 aromatic heterocycles. The van der Waals surface area contributed by atoms with Crippen molar-refractivity contribution in [3.05, 3.63) is 65.7 Å². The van der Waals surface area contributed by atoms with Crippen molar-refractivity contribution in [2.24, 2.45) is 0 Å². The van der Waals surface area contributed by atoms with Gasteiger partial charge in [0, 0.05) is 36.5 Å². The van der Waals surface area contributed by atoms with E-state index in [4.69, 9.17) is 9.47 Å². The minimum atomic E-state index is 0.713. The fraction of sp³-hybridized carbons (Fsp3) is 0.292. The van der Waals surface area contributed by atoms with Gasteiger partial charge in [0.1, 0.15) is 11.5 Å². The summed E-state index contributed by atoms with van der Waals surface area (Å²) in [5, 5.41) is 16.3. The zero-order valence-corrected chi connectivity index (χ0v) is 16.9. The number of nitrogens with zero attached hydrogens (tertiary/aromatic N) is 3. The standard InChI is InChI=1S/C24H25N3O2/c1-28-20-13-18(14-21(15-20)29-2)17-26-11-5-6-12-27(26)24-10-9-19(16-25)22-7-3-4-8-23(22)24/h3-4,7-10,13-15H,5-6,11-12,17H2,1-2H3. The maximum atomic E-state index is 9.48. The van der Waals surface area contributed by atoms with Gasteiger partial charge in [0.2, 0.25) is 0 Å². The van der Waals surface area contributed by atoms with Crippen molar-refractivity contribution in [3.8, 4) is 17.6 Å². The summed E-state index contributed by atoms with van der Waals surface area (Å²) in [5.74, 6) is 1.60. The first-order chi connectivity index (χ1) is 14.2. The van der Waals surface area contributed by atoms with E-state index in [0.29, 0.717) is 5.56 Å². The summed E-state index contributed by atoms with van der Waals surface area (Å²) in [6.45, 7) is 2.70. The second kappa shape index (κ2) is 8.42. The van der Waals surface area contributed by atoms with Crippen LogP contribution in [-0.4, -0.2) is 32.3 Å². The molecule has 0 unspecified atom stereocenters. The molecular formula is C24H25N3O2. The summed E-state index contributed by atoms with van der Waals surface area (Å²) in [4.78, 5) is 0. The molecule has 0 aliphatic carbocycles. The van der Waals surface area contributed by atoms with Gasteiger partial charge in [-0.3, -0.25) is 0 Å². The van der Waals surface area contributed by atoms with Gasteiger partial charge in [0.15, 0.2) is 0 Å². The minimum absolute atomic E-state index is 0.713. The van der Waals surface area contributed by atoms with Gasteiger partial charge in [-0.15, -0.1) is 0 Å². The van der Waals surface area contributed by atoms with Gasteiger partial charge in [-0.1, -0.05) is 24.3 Å². The third-order valence-electron chi connectivity index (χ3n) is 5.45. The summed E-state index contributed by atoms with van der Waals surface area (Å²) < 4.78 is 10.9. The van der Waals surface area contributed by atoms with Crippen LogP contribution in [0.3, 0.4) is 0 Å². The van der Waals surface area contributed by atoms with Crippen LogP contribution in [0.25, 0.3) is 10.8 Å². The van der Waals surface area contributed by atoms with E-state index in [9.17, 15) is 5.26 Å². The van der Waals surface area contributed by atoms with Gasteiger partial charge in [0.25, 0.3) is 0 Å². The molecule has 3 aromatic rings. The molecule has 5 nitrogen and oxygen atoms in total. The molecule has 1 fully saturated rings. The molecular weight excluding hydrogens is 362 g/mol. The van der Waals surface area contributed by atoms with Crippen LogP contribution in [0.2, 0.25) is 0 Å². The molecule has 1 heterocycles. The first-order valence-electron chi connectivity index (χ1n) is 9.89. The SMILES string of the molecule is COc1cc(CN2CCCCN2c2ccc(C#N)c3ccccc23)cc(OC)c1. The van der Waals surface area contributed by atoms with Gasteiger partial charge in [0.05, 0.1) is 31.5 Å². The lowest BCUT2D eigenvalue weighted by Crippen LogP contribution is -2.47. The lowest BCUT2D eigenvalue weighted by molar-refractivity contribution is 0.204. The van der Waals surface area contributed by atoms with E-state index in [1.807, 2.05) is 30.3 Å². The molecule has 0 N–H and O–H groups in total. The van der Waals surface area contributed by atoms with Crippen LogP contribution in [-0.2, 0) is 6.54 Å². The average molecular weight is 387 g/mol. The zero-order chi connectivity index (χ0) is 20.2. The molecule has 5 heteroatoms. The third-order valence-corrected chi connectivity index (χ3v) is 5.45. The number of hydrogen-bond donors (Lipinski definition) is 0. The van der Waals surface area contributed by atoms with Gasteiger partial charge >= 0.3 is 0 Å². The molecule has 0 radical (unpaired) electrons. The van der Waals surface area contributed by atoms with E-state index in [-0.39, 0.29) is 0 Å². The highest BCUT2D eigenvalue weighted by Gasteiger charge is 2.23.